The Morgan fingerprint density at radius 3 is 1.32 bits per heavy atom. The number of aliphatic hydroxyl groups is 13. The van der Waals surface area contributed by atoms with Gasteiger partial charge < -0.3 is 96.3 Å². The lowest BCUT2D eigenvalue weighted by molar-refractivity contribution is -0.376. The topological polar surface area (TPSA) is 371 Å². The van der Waals surface area contributed by atoms with E-state index < -0.39 is 106 Å². The molecule has 0 spiro atoms. The lowest BCUT2D eigenvalue weighted by Gasteiger charge is -2.44. The highest BCUT2D eigenvalue weighted by molar-refractivity contribution is 5.56. The summed E-state index contributed by atoms with van der Waals surface area (Å²) in [6, 6.07) is 0. The largest absolute Gasteiger partial charge is 0.412 e. The Balaban J connectivity index is 0. The number of carbonyl (C=O) groups excluding carboxylic acids is 1. The number of carbonyl (C=O) groups is 1. The zero-order valence-electron chi connectivity index (χ0n) is 19.2. The minimum atomic E-state index is -1.79. The van der Waals surface area contributed by atoms with Crippen LogP contribution in [0.2, 0.25) is 0 Å². The van der Waals surface area contributed by atoms with E-state index in [0.717, 1.165) is 0 Å². The van der Waals surface area contributed by atoms with Crippen LogP contribution in [0.1, 0.15) is 0 Å². The van der Waals surface area contributed by atoms with Crippen molar-refractivity contribution in [3.05, 3.63) is 0 Å². The fourth-order valence-corrected chi connectivity index (χ4v) is 3.11. The van der Waals surface area contributed by atoms with Crippen molar-refractivity contribution in [2.24, 2.45) is 0 Å². The average Bonchev–Trinajstić information content (AvgIpc) is 2.87. The lowest BCUT2D eigenvalue weighted by atomic mass is 9.98. The molecule has 2 aliphatic heterocycles. The molecule has 0 amide bonds. The zero-order valence-corrected chi connectivity index (χ0v) is 19.2. The average molecular weight is 558 g/mol. The van der Waals surface area contributed by atoms with Gasteiger partial charge in [0.05, 0.1) is 19.8 Å². The molecule has 0 aromatic heterocycles. The SMILES string of the molecule is O.O.O=C[C@@H](O)[C@@H](O)[C@H](O)[C@H](O)CO.OC[C@H]1O[C@H](O[C@H]2O[C@H](CO)[C@@H](O)[C@H](O)[C@H]2O)[C@H](O)[C@@H](O)[C@@H]1O. The van der Waals surface area contributed by atoms with Crippen molar-refractivity contribution in [2.75, 3.05) is 19.8 Å². The summed E-state index contributed by atoms with van der Waals surface area (Å²) >= 11 is 0. The molecule has 14 atom stereocenters. The van der Waals surface area contributed by atoms with Gasteiger partial charge in [-0.3, -0.25) is 0 Å². The van der Waals surface area contributed by atoms with Crippen LogP contribution in [-0.4, -0.2) is 189 Å². The fourth-order valence-electron chi connectivity index (χ4n) is 3.11. The second kappa shape index (κ2) is 17.5. The molecule has 0 aromatic rings. The van der Waals surface area contributed by atoms with E-state index in [1.54, 1.807) is 0 Å². The van der Waals surface area contributed by atoms with Crippen molar-refractivity contribution in [3.8, 4) is 0 Å². The Bertz CT molecular complexity index is 576. The van der Waals surface area contributed by atoms with E-state index in [1.807, 2.05) is 0 Å². The van der Waals surface area contributed by atoms with Crippen LogP contribution in [0.15, 0.2) is 0 Å². The van der Waals surface area contributed by atoms with Crippen LogP contribution in [0.5, 0.6) is 0 Å². The number of ether oxygens (including phenoxy) is 3. The summed E-state index contributed by atoms with van der Waals surface area (Å²) in [4.78, 5) is 9.90. The first-order valence-electron chi connectivity index (χ1n) is 10.4. The summed E-state index contributed by atoms with van der Waals surface area (Å²) in [5.41, 5.74) is 0. The summed E-state index contributed by atoms with van der Waals surface area (Å²) < 4.78 is 15.3. The summed E-state index contributed by atoms with van der Waals surface area (Å²) in [5, 5.41) is 120. The highest BCUT2D eigenvalue weighted by Gasteiger charge is 2.49. The minimum Gasteiger partial charge on any atom is -0.412 e. The Morgan fingerprint density at radius 1 is 0.649 bits per heavy atom. The molecule has 224 valence electrons. The predicted molar refractivity (Wildman–Crippen MR) is 113 cm³/mol. The molecule has 37 heavy (non-hydrogen) atoms. The van der Waals surface area contributed by atoms with Gasteiger partial charge in [-0.05, 0) is 0 Å². The molecule has 0 aliphatic carbocycles. The second-order valence-electron chi connectivity index (χ2n) is 7.89. The van der Waals surface area contributed by atoms with Crippen molar-refractivity contribution in [1.29, 1.82) is 0 Å². The quantitative estimate of drug-likeness (QED) is 0.117. The van der Waals surface area contributed by atoms with Gasteiger partial charge in [0, 0.05) is 0 Å². The number of aldehydes is 1. The molecule has 0 radical (unpaired) electrons. The maximum atomic E-state index is 9.90. The normalized spacial score (nSPS) is 38.9. The van der Waals surface area contributed by atoms with E-state index in [9.17, 15) is 35.4 Å². The number of rotatable bonds is 9. The molecule has 2 heterocycles. The minimum absolute atomic E-state index is 0. The number of hydrogen-bond donors (Lipinski definition) is 13. The van der Waals surface area contributed by atoms with Crippen LogP contribution in [0.4, 0.5) is 0 Å². The Hall–Kier alpha value is -1.05. The monoisotopic (exact) mass is 558 g/mol. The summed E-state index contributed by atoms with van der Waals surface area (Å²) in [5.74, 6) is 0. The smallest absolute Gasteiger partial charge is 0.189 e. The standard InChI is InChI=1S/C12H22O11.C6H12O6.2H2O/c13-1-3-5(15)7(17)9(19)11(21-3)23-12-10(20)8(18)6(16)4(2-14)22-12;7-1-3(9)5(11)6(12)4(10)2-8;;/h3-20H,1-2H2;1,3-6,8-12H,2H2;2*1H2/t3-,4-,5-,6-,7+,8+,9-,10-,11-,12-;3-,4-,5-,6-;;/m11../s1. The van der Waals surface area contributed by atoms with E-state index in [0.29, 0.717) is 0 Å². The van der Waals surface area contributed by atoms with Crippen molar-refractivity contribution < 1.29 is 96.3 Å². The zero-order chi connectivity index (χ0) is 27.0. The molecule has 19 heteroatoms. The first kappa shape index (κ1) is 38.1. The van der Waals surface area contributed by atoms with Gasteiger partial charge in [0.15, 0.2) is 18.9 Å². The first-order chi connectivity index (χ1) is 16.4. The molecule has 2 rings (SSSR count). The van der Waals surface area contributed by atoms with Crippen LogP contribution in [-0.2, 0) is 19.0 Å². The third-order valence-corrected chi connectivity index (χ3v) is 5.39. The molecule has 17 N–H and O–H groups in total. The third kappa shape index (κ3) is 9.58. The third-order valence-electron chi connectivity index (χ3n) is 5.39. The number of aliphatic hydroxyl groups excluding tert-OH is 13. The van der Waals surface area contributed by atoms with Crippen LogP contribution in [0, 0.1) is 0 Å². The first-order valence-corrected chi connectivity index (χ1v) is 10.4. The van der Waals surface area contributed by atoms with Crippen molar-refractivity contribution in [1.82, 2.24) is 0 Å². The molecular weight excluding hydrogens is 520 g/mol. The second-order valence-corrected chi connectivity index (χ2v) is 7.89. The van der Waals surface area contributed by atoms with E-state index in [1.165, 1.54) is 0 Å². The van der Waals surface area contributed by atoms with Gasteiger partial charge in [0.25, 0.3) is 0 Å². The lowest BCUT2D eigenvalue weighted by Crippen LogP contribution is -2.63. The molecule has 2 fully saturated rings. The fraction of sp³-hybridized carbons (Fsp3) is 0.944. The molecule has 0 bridgehead atoms. The van der Waals surface area contributed by atoms with E-state index in [-0.39, 0.29) is 17.2 Å². The molecule has 0 unspecified atom stereocenters. The van der Waals surface area contributed by atoms with Crippen LogP contribution in [0.3, 0.4) is 0 Å². The van der Waals surface area contributed by atoms with E-state index in [2.05, 4.69) is 0 Å². The van der Waals surface area contributed by atoms with E-state index in [4.69, 9.17) is 50.0 Å². The van der Waals surface area contributed by atoms with Gasteiger partial charge in [-0.25, -0.2) is 0 Å². The van der Waals surface area contributed by atoms with Crippen LogP contribution >= 0.6 is 0 Å². The van der Waals surface area contributed by atoms with Crippen molar-refractivity contribution in [3.63, 3.8) is 0 Å². The Kier molecular flexibility index (Phi) is 18.0. The highest BCUT2D eigenvalue weighted by atomic mass is 16.8. The van der Waals surface area contributed by atoms with E-state index >= 15 is 0 Å². The van der Waals surface area contributed by atoms with Crippen molar-refractivity contribution >= 4 is 6.29 Å². The molecule has 2 aliphatic rings. The number of hydrogen-bond acceptors (Lipinski definition) is 17. The predicted octanol–water partition coefficient (Wildman–Crippen LogP) is -10.4. The summed E-state index contributed by atoms with van der Waals surface area (Å²) in [6.45, 7) is -2.09. The highest BCUT2D eigenvalue weighted by Crippen LogP contribution is 2.27. The molecular formula is C18H38O19. The van der Waals surface area contributed by atoms with Gasteiger partial charge in [-0.2, -0.15) is 0 Å². The molecule has 0 aromatic carbocycles. The maximum Gasteiger partial charge on any atom is 0.189 e. The molecule has 19 nitrogen and oxygen atoms in total. The van der Waals surface area contributed by atoms with Gasteiger partial charge in [0.2, 0.25) is 0 Å². The Labute approximate surface area is 209 Å². The van der Waals surface area contributed by atoms with Gasteiger partial charge in [-0.1, -0.05) is 0 Å². The van der Waals surface area contributed by atoms with Crippen molar-refractivity contribution in [2.45, 2.75) is 85.8 Å². The molecule has 2 saturated heterocycles. The maximum absolute atomic E-state index is 9.90. The van der Waals surface area contributed by atoms with Crippen LogP contribution in [0.25, 0.3) is 0 Å². The summed E-state index contributed by atoms with van der Waals surface area (Å²) in [7, 11) is 0. The van der Waals surface area contributed by atoms with Gasteiger partial charge in [-0.15, -0.1) is 0 Å². The van der Waals surface area contributed by atoms with Gasteiger partial charge in [0.1, 0.15) is 73.2 Å². The van der Waals surface area contributed by atoms with Crippen LogP contribution < -0.4 is 0 Å². The summed E-state index contributed by atoms with van der Waals surface area (Å²) in [6.07, 6.45) is -22.4. The van der Waals surface area contributed by atoms with Gasteiger partial charge >= 0.3 is 0 Å². The molecule has 0 saturated carbocycles. The Morgan fingerprint density at radius 2 is 1.03 bits per heavy atom.